The number of hydrogen-bond donors (Lipinski definition) is 1. The quantitative estimate of drug-likeness (QED) is 0.313. The standard InChI is InChI=1S/C27H26N2O4S/c1-15-13-18-14-17(7-10-20(18)33-15)23(30)21-22(16-5-8-19(9-6-16)27(2,3)4)29(25(32)24(21)31)26-28-11-12-34-26/h5-12,14-15,22,30H,13H2,1-4H3/t15-,22+/m1/s1. The van der Waals surface area contributed by atoms with E-state index < -0.39 is 17.7 Å². The number of carbonyl (C=O) groups is 2. The van der Waals surface area contributed by atoms with Crippen LogP contribution in [-0.2, 0) is 21.4 Å². The van der Waals surface area contributed by atoms with Gasteiger partial charge in [0.1, 0.15) is 17.6 Å². The average molecular weight is 475 g/mol. The molecule has 1 saturated heterocycles. The van der Waals surface area contributed by atoms with Gasteiger partial charge in [-0.05, 0) is 47.2 Å². The largest absolute Gasteiger partial charge is 0.507 e. The van der Waals surface area contributed by atoms with Crippen LogP contribution in [-0.4, -0.2) is 27.9 Å². The molecular weight excluding hydrogens is 448 g/mol. The molecule has 3 aromatic rings. The molecule has 1 aromatic heterocycles. The Hall–Kier alpha value is -3.45. The van der Waals surface area contributed by atoms with Gasteiger partial charge >= 0.3 is 5.91 Å². The smallest absolute Gasteiger partial charge is 0.301 e. The first kappa shape index (κ1) is 22.3. The highest BCUT2D eigenvalue weighted by atomic mass is 32.1. The van der Waals surface area contributed by atoms with Crippen molar-refractivity contribution in [2.45, 2.75) is 51.7 Å². The maximum Gasteiger partial charge on any atom is 0.301 e. The van der Waals surface area contributed by atoms with Gasteiger partial charge in [-0.2, -0.15) is 0 Å². The number of ketones is 1. The van der Waals surface area contributed by atoms with Crippen molar-refractivity contribution in [1.82, 2.24) is 4.98 Å². The zero-order chi connectivity index (χ0) is 24.2. The summed E-state index contributed by atoms with van der Waals surface area (Å²) in [5, 5.41) is 13.5. The zero-order valence-electron chi connectivity index (χ0n) is 19.5. The summed E-state index contributed by atoms with van der Waals surface area (Å²) < 4.78 is 5.77. The second-order valence-corrected chi connectivity index (χ2v) is 10.7. The summed E-state index contributed by atoms with van der Waals surface area (Å²) in [6.07, 6.45) is 2.38. The zero-order valence-corrected chi connectivity index (χ0v) is 20.3. The summed E-state index contributed by atoms with van der Waals surface area (Å²) in [5.41, 5.74) is 3.36. The molecule has 0 spiro atoms. The molecule has 0 unspecified atom stereocenters. The van der Waals surface area contributed by atoms with Gasteiger partial charge in [-0.25, -0.2) is 4.98 Å². The Kier molecular flexibility index (Phi) is 5.32. The number of benzene rings is 2. The monoisotopic (exact) mass is 474 g/mol. The third-order valence-electron chi connectivity index (χ3n) is 6.33. The van der Waals surface area contributed by atoms with Crippen molar-refractivity contribution in [3.05, 3.63) is 81.9 Å². The Balaban J connectivity index is 1.66. The van der Waals surface area contributed by atoms with Crippen LogP contribution in [0.25, 0.3) is 5.76 Å². The third-order valence-corrected chi connectivity index (χ3v) is 7.10. The van der Waals surface area contributed by atoms with Crippen molar-refractivity contribution in [3.8, 4) is 5.75 Å². The number of rotatable bonds is 3. The van der Waals surface area contributed by atoms with Crippen molar-refractivity contribution < 1.29 is 19.4 Å². The number of aliphatic hydroxyl groups is 1. The number of anilines is 1. The number of aliphatic hydroxyl groups excluding tert-OH is 1. The second-order valence-electron chi connectivity index (χ2n) is 9.81. The molecule has 6 nitrogen and oxygen atoms in total. The van der Waals surface area contributed by atoms with Crippen LogP contribution in [0.5, 0.6) is 5.75 Å². The molecule has 2 aliphatic heterocycles. The fourth-order valence-corrected chi connectivity index (χ4v) is 5.24. The Morgan fingerprint density at radius 2 is 1.88 bits per heavy atom. The first-order valence-corrected chi connectivity index (χ1v) is 12.1. The molecule has 3 heterocycles. The number of hydrogen-bond acceptors (Lipinski definition) is 6. The lowest BCUT2D eigenvalue weighted by molar-refractivity contribution is -0.132. The number of ether oxygens (including phenoxy) is 1. The van der Waals surface area contributed by atoms with Crippen molar-refractivity contribution >= 4 is 33.9 Å². The highest BCUT2D eigenvalue weighted by Gasteiger charge is 2.48. The van der Waals surface area contributed by atoms with E-state index in [9.17, 15) is 14.7 Å². The van der Waals surface area contributed by atoms with Gasteiger partial charge in [0.2, 0.25) is 0 Å². The molecule has 0 aliphatic carbocycles. The molecule has 1 fully saturated rings. The lowest BCUT2D eigenvalue weighted by atomic mass is 9.85. The number of carbonyl (C=O) groups excluding carboxylic acids is 2. The molecule has 0 bridgehead atoms. The van der Waals surface area contributed by atoms with Crippen LogP contribution in [0.1, 0.15) is 56.0 Å². The van der Waals surface area contributed by atoms with Crippen LogP contribution >= 0.6 is 11.3 Å². The van der Waals surface area contributed by atoms with Gasteiger partial charge in [0.25, 0.3) is 5.78 Å². The Labute approximate surface area is 202 Å². The maximum atomic E-state index is 13.3. The van der Waals surface area contributed by atoms with E-state index in [0.29, 0.717) is 10.7 Å². The van der Waals surface area contributed by atoms with E-state index in [1.54, 1.807) is 23.7 Å². The average Bonchev–Trinajstić information content (AvgIpc) is 3.50. The third kappa shape index (κ3) is 3.70. The lowest BCUT2D eigenvalue weighted by Gasteiger charge is -2.24. The predicted molar refractivity (Wildman–Crippen MR) is 132 cm³/mol. The summed E-state index contributed by atoms with van der Waals surface area (Å²) in [4.78, 5) is 32.1. The highest BCUT2D eigenvalue weighted by molar-refractivity contribution is 7.14. The summed E-state index contributed by atoms with van der Waals surface area (Å²) in [6, 6.07) is 12.4. The SMILES string of the molecule is C[C@@H]1Cc2cc(C(O)=C3C(=O)C(=O)N(c4nccs4)[C@H]3c3ccc(C(C)(C)C)cc3)ccc2O1. The van der Waals surface area contributed by atoms with E-state index in [1.807, 2.05) is 37.3 Å². The minimum Gasteiger partial charge on any atom is -0.507 e. The number of nitrogens with zero attached hydrogens (tertiary/aromatic N) is 2. The van der Waals surface area contributed by atoms with Gasteiger partial charge in [-0.15, -0.1) is 11.3 Å². The number of Topliss-reactive ketones (excluding diaryl/α,β-unsaturated/α-hetero) is 1. The lowest BCUT2D eigenvalue weighted by Crippen LogP contribution is -2.29. The van der Waals surface area contributed by atoms with E-state index in [-0.39, 0.29) is 22.9 Å². The maximum absolute atomic E-state index is 13.3. The molecule has 2 atom stereocenters. The fraction of sp³-hybridized carbons (Fsp3) is 0.296. The van der Waals surface area contributed by atoms with Gasteiger partial charge < -0.3 is 9.84 Å². The summed E-state index contributed by atoms with van der Waals surface area (Å²) in [7, 11) is 0. The highest BCUT2D eigenvalue weighted by Crippen LogP contribution is 2.43. The molecule has 7 heteroatoms. The molecule has 34 heavy (non-hydrogen) atoms. The van der Waals surface area contributed by atoms with E-state index >= 15 is 0 Å². The topological polar surface area (TPSA) is 79.7 Å². The van der Waals surface area contributed by atoms with Crippen LogP contribution < -0.4 is 9.64 Å². The van der Waals surface area contributed by atoms with E-state index in [1.165, 1.54) is 16.2 Å². The second kappa shape index (κ2) is 8.09. The van der Waals surface area contributed by atoms with Crippen LogP contribution in [0.4, 0.5) is 5.13 Å². The van der Waals surface area contributed by atoms with Crippen LogP contribution in [0.2, 0.25) is 0 Å². The summed E-state index contributed by atoms with van der Waals surface area (Å²) in [5.74, 6) is -0.825. The van der Waals surface area contributed by atoms with E-state index in [0.717, 1.165) is 28.9 Å². The summed E-state index contributed by atoms with van der Waals surface area (Å²) in [6.45, 7) is 8.37. The minimum atomic E-state index is -0.774. The minimum absolute atomic E-state index is 0.0424. The van der Waals surface area contributed by atoms with Crippen molar-refractivity contribution in [3.63, 3.8) is 0 Å². The number of amides is 1. The number of fused-ring (bicyclic) bond motifs is 1. The predicted octanol–water partition coefficient (Wildman–Crippen LogP) is 5.39. The van der Waals surface area contributed by atoms with Gasteiger partial charge in [0.05, 0.1) is 11.6 Å². The van der Waals surface area contributed by atoms with E-state index in [4.69, 9.17) is 4.74 Å². The van der Waals surface area contributed by atoms with Crippen molar-refractivity contribution in [2.24, 2.45) is 0 Å². The van der Waals surface area contributed by atoms with Crippen molar-refractivity contribution in [2.75, 3.05) is 4.90 Å². The van der Waals surface area contributed by atoms with Crippen LogP contribution in [0.3, 0.4) is 0 Å². The molecule has 0 radical (unpaired) electrons. The number of thiazole rings is 1. The molecule has 0 saturated carbocycles. The van der Waals surface area contributed by atoms with Crippen molar-refractivity contribution in [1.29, 1.82) is 0 Å². The Morgan fingerprint density at radius 3 is 2.53 bits per heavy atom. The normalized spacial score (nSPS) is 21.6. The molecule has 2 aromatic carbocycles. The first-order valence-electron chi connectivity index (χ1n) is 11.3. The van der Waals surface area contributed by atoms with Crippen LogP contribution in [0.15, 0.2) is 59.6 Å². The molecular formula is C27H26N2O4S. The molecule has 1 amide bonds. The van der Waals surface area contributed by atoms with E-state index in [2.05, 4.69) is 25.8 Å². The molecule has 1 N–H and O–H groups in total. The molecule has 5 rings (SSSR count). The van der Waals surface area contributed by atoms with Gasteiger partial charge in [0, 0.05) is 23.6 Å². The Morgan fingerprint density at radius 1 is 1.15 bits per heavy atom. The van der Waals surface area contributed by atoms with Gasteiger partial charge in [-0.3, -0.25) is 14.5 Å². The summed E-state index contributed by atoms with van der Waals surface area (Å²) >= 11 is 1.28. The van der Waals surface area contributed by atoms with Gasteiger partial charge in [0.15, 0.2) is 5.13 Å². The Bertz CT molecular complexity index is 1300. The molecule has 174 valence electrons. The van der Waals surface area contributed by atoms with Gasteiger partial charge in [-0.1, -0.05) is 45.0 Å². The first-order chi connectivity index (χ1) is 16.1. The van der Waals surface area contributed by atoms with Crippen LogP contribution in [0, 0.1) is 0 Å². The fourth-order valence-electron chi connectivity index (χ4n) is 4.57. The molecule has 2 aliphatic rings. The number of aromatic nitrogens is 1.